The van der Waals surface area contributed by atoms with E-state index in [0.29, 0.717) is 37.6 Å². The van der Waals surface area contributed by atoms with Crippen LogP contribution in [0.2, 0.25) is 0 Å². The number of anilines is 1. The number of piperazine rings is 1. The van der Waals surface area contributed by atoms with Crippen molar-refractivity contribution in [3.05, 3.63) is 60.9 Å². The van der Waals surface area contributed by atoms with E-state index < -0.39 is 0 Å². The van der Waals surface area contributed by atoms with Crippen LogP contribution >= 0.6 is 0 Å². The summed E-state index contributed by atoms with van der Waals surface area (Å²) in [5.41, 5.74) is 1.35. The third kappa shape index (κ3) is 3.45. The summed E-state index contributed by atoms with van der Waals surface area (Å²) in [6, 6.07) is 11.0. The lowest BCUT2D eigenvalue weighted by Gasteiger charge is -2.35. The lowest BCUT2D eigenvalue weighted by Crippen LogP contribution is -2.49. The molecule has 12 heteroatoms. The van der Waals surface area contributed by atoms with Crippen LogP contribution in [0.3, 0.4) is 0 Å². The van der Waals surface area contributed by atoms with E-state index in [2.05, 4.69) is 40.7 Å². The van der Waals surface area contributed by atoms with E-state index in [0.717, 1.165) is 11.5 Å². The highest BCUT2D eigenvalue weighted by atomic mass is 16.2. The summed E-state index contributed by atoms with van der Waals surface area (Å²) in [6.07, 6.45) is 4.52. The number of hydrogen-bond acceptors (Lipinski definition) is 9. The first-order valence-corrected chi connectivity index (χ1v) is 9.34. The number of rotatable bonds is 4. The molecule has 4 heterocycles. The van der Waals surface area contributed by atoms with Gasteiger partial charge in [-0.25, -0.2) is 14.3 Å². The maximum Gasteiger partial charge on any atom is 0.254 e. The summed E-state index contributed by atoms with van der Waals surface area (Å²) < 4.78 is 3.08. The Kier molecular flexibility index (Phi) is 4.56. The number of tetrazole rings is 1. The zero-order chi connectivity index (χ0) is 20.3. The minimum absolute atomic E-state index is 0.0165. The monoisotopic (exact) mass is 403 g/mol. The smallest absolute Gasteiger partial charge is 0.254 e. The average molecular weight is 403 g/mol. The molecule has 0 radical (unpaired) electrons. The minimum atomic E-state index is -0.0165. The molecule has 5 rings (SSSR count). The quantitative estimate of drug-likeness (QED) is 0.463. The molecule has 150 valence electrons. The maximum atomic E-state index is 12.9. The van der Waals surface area contributed by atoms with Gasteiger partial charge in [0.2, 0.25) is 0 Å². The van der Waals surface area contributed by atoms with Crippen molar-refractivity contribution in [2.75, 3.05) is 31.1 Å². The highest BCUT2D eigenvalue weighted by Gasteiger charge is 2.23. The fourth-order valence-electron chi connectivity index (χ4n) is 3.32. The summed E-state index contributed by atoms with van der Waals surface area (Å²) in [5, 5.41) is 23.7. The summed E-state index contributed by atoms with van der Waals surface area (Å²) in [6.45, 7) is 2.55. The van der Waals surface area contributed by atoms with Crippen LogP contribution in [-0.4, -0.2) is 82.2 Å². The largest absolute Gasteiger partial charge is 0.352 e. The lowest BCUT2D eigenvalue weighted by atomic mass is 10.1. The third-order valence-corrected chi connectivity index (χ3v) is 4.89. The highest BCUT2D eigenvalue weighted by Crippen LogP contribution is 2.16. The van der Waals surface area contributed by atoms with E-state index in [9.17, 15) is 4.79 Å². The highest BCUT2D eigenvalue weighted by molar-refractivity contribution is 5.95. The normalized spacial score (nSPS) is 14.1. The molecule has 1 aliphatic rings. The molecule has 12 nitrogen and oxygen atoms in total. The first-order valence-electron chi connectivity index (χ1n) is 9.34. The second kappa shape index (κ2) is 7.66. The Balaban J connectivity index is 1.24. The van der Waals surface area contributed by atoms with Crippen molar-refractivity contribution in [3.63, 3.8) is 0 Å². The summed E-state index contributed by atoms with van der Waals surface area (Å²) in [7, 11) is 0. The van der Waals surface area contributed by atoms with Crippen LogP contribution in [-0.2, 0) is 0 Å². The van der Waals surface area contributed by atoms with Crippen molar-refractivity contribution < 1.29 is 4.79 Å². The van der Waals surface area contributed by atoms with E-state index >= 15 is 0 Å². The molecular formula is C18H17N11O. The van der Waals surface area contributed by atoms with Crippen molar-refractivity contribution in [2.45, 2.75) is 0 Å². The van der Waals surface area contributed by atoms with Crippen molar-refractivity contribution >= 4 is 11.7 Å². The number of carbonyl (C=O) groups is 1. The second-order valence-corrected chi connectivity index (χ2v) is 6.67. The van der Waals surface area contributed by atoms with Crippen molar-refractivity contribution in [3.8, 4) is 11.5 Å². The van der Waals surface area contributed by atoms with Crippen molar-refractivity contribution in [1.82, 2.24) is 50.1 Å². The van der Waals surface area contributed by atoms with E-state index in [-0.39, 0.29) is 5.91 Å². The van der Waals surface area contributed by atoms with Crippen molar-refractivity contribution in [1.29, 1.82) is 0 Å². The molecule has 0 N–H and O–H groups in total. The number of carbonyl (C=O) groups excluding carboxylic acids is 1. The van der Waals surface area contributed by atoms with E-state index in [1.165, 1.54) is 17.3 Å². The molecule has 0 aliphatic carbocycles. The van der Waals surface area contributed by atoms with Gasteiger partial charge in [0.15, 0.2) is 11.6 Å². The number of aromatic nitrogens is 9. The van der Waals surface area contributed by atoms with Gasteiger partial charge in [0.1, 0.15) is 19.0 Å². The minimum Gasteiger partial charge on any atom is -0.352 e. The van der Waals surface area contributed by atoms with Gasteiger partial charge in [0.25, 0.3) is 5.91 Å². The standard InChI is InChI=1S/C18H17N11O/c30-18(14-2-1-3-15(10-14)28-13-20-24-25-28)27-8-6-26(7-9-27)16-4-5-17(23-22-16)29-12-19-11-21-29/h1-5,10-13H,6-9H2. The molecule has 1 fully saturated rings. The fraction of sp³-hybridized carbons (Fsp3) is 0.222. The van der Waals surface area contributed by atoms with Gasteiger partial charge in [-0.3, -0.25) is 4.79 Å². The van der Waals surface area contributed by atoms with E-state index in [4.69, 9.17) is 0 Å². The van der Waals surface area contributed by atoms with Crippen LogP contribution in [0.25, 0.3) is 11.5 Å². The molecule has 4 aromatic rings. The summed E-state index contributed by atoms with van der Waals surface area (Å²) >= 11 is 0. The first kappa shape index (κ1) is 17.8. The molecule has 30 heavy (non-hydrogen) atoms. The molecule has 0 unspecified atom stereocenters. The van der Waals surface area contributed by atoms with Gasteiger partial charge in [0.05, 0.1) is 5.69 Å². The average Bonchev–Trinajstić information content (AvgIpc) is 3.54. The number of benzene rings is 1. The maximum absolute atomic E-state index is 12.9. The van der Waals surface area contributed by atoms with Gasteiger partial charge in [-0.15, -0.1) is 15.3 Å². The number of hydrogen-bond donors (Lipinski definition) is 0. The Hall–Kier alpha value is -4.22. The molecule has 0 saturated carbocycles. The molecule has 0 atom stereocenters. The molecule has 1 aliphatic heterocycles. The Morgan fingerprint density at radius 2 is 1.73 bits per heavy atom. The number of nitrogens with zero attached hydrogens (tertiary/aromatic N) is 11. The fourth-order valence-corrected chi connectivity index (χ4v) is 3.32. The van der Waals surface area contributed by atoms with Crippen LogP contribution in [0.5, 0.6) is 0 Å². The van der Waals surface area contributed by atoms with Gasteiger partial charge in [-0.05, 0) is 40.8 Å². The Labute approximate surface area is 170 Å². The zero-order valence-corrected chi connectivity index (χ0v) is 15.9. The predicted octanol–water partition coefficient (Wildman–Crippen LogP) is -0.00460. The topological polar surface area (TPSA) is 124 Å². The van der Waals surface area contributed by atoms with Gasteiger partial charge in [-0.2, -0.15) is 5.10 Å². The van der Waals surface area contributed by atoms with Gasteiger partial charge >= 0.3 is 0 Å². The summed E-state index contributed by atoms with van der Waals surface area (Å²) in [5.74, 6) is 1.36. The Morgan fingerprint density at radius 1 is 0.900 bits per heavy atom. The van der Waals surface area contributed by atoms with Crippen LogP contribution < -0.4 is 4.90 Å². The van der Waals surface area contributed by atoms with Crippen molar-refractivity contribution in [2.24, 2.45) is 0 Å². The van der Waals surface area contributed by atoms with Gasteiger partial charge < -0.3 is 9.80 Å². The summed E-state index contributed by atoms with van der Waals surface area (Å²) in [4.78, 5) is 20.8. The Morgan fingerprint density at radius 3 is 2.43 bits per heavy atom. The SMILES string of the molecule is O=C(c1cccc(-n2cnnn2)c1)N1CCN(c2ccc(-n3cncn3)nn2)CC1. The zero-order valence-electron chi connectivity index (χ0n) is 15.9. The molecule has 0 spiro atoms. The van der Waals surface area contributed by atoms with Gasteiger partial charge in [-0.1, -0.05) is 6.07 Å². The second-order valence-electron chi connectivity index (χ2n) is 6.67. The third-order valence-electron chi connectivity index (χ3n) is 4.89. The molecule has 1 aromatic carbocycles. The van der Waals surface area contributed by atoms with Gasteiger partial charge in [0, 0.05) is 31.7 Å². The first-order chi connectivity index (χ1) is 14.8. The molecule has 0 bridgehead atoms. The van der Waals surface area contributed by atoms with Crippen LogP contribution in [0.15, 0.2) is 55.4 Å². The predicted molar refractivity (Wildman–Crippen MR) is 104 cm³/mol. The Bertz CT molecular complexity index is 1120. The molecular weight excluding hydrogens is 386 g/mol. The molecule has 3 aromatic heterocycles. The molecule has 1 amide bonds. The number of amides is 1. The van der Waals surface area contributed by atoms with Crippen LogP contribution in [0, 0.1) is 0 Å². The lowest BCUT2D eigenvalue weighted by molar-refractivity contribution is 0.0746. The molecule has 1 saturated heterocycles. The van der Waals surface area contributed by atoms with Crippen LogP contribution in [0.4, 0.5) is 5.82 Å². The van der Waals surface area contributed by atoms with E-state index in [1.807, 2.05) is 29.2 Å². The van der Waals surface area contributed by atoms with Crippen LogP contribution in [0.1, 0.15) is 10.4 Å². The van der Waals surface area contributed by atoms with E-state index in [1.54, 1.807) is 23.1 Å².